The van der Waals surface area contributed by atoms with Crippen LogP contribution in [-0.2, 0) is 0 Å². The van der Waals surface area contributed by atoms with Gasteiger partial charge in [-0.2, -0.15) is 0 Å². The van der Waals surface area contributed by atoms with Crippen molar-refractivity contribution in [2.45, 2.75) is 31.9 Å². The van der Waals surface area contributed by atoms with Crippen LogP contribution in [-0.4, -0.2) is 18.4 Å². The highest BCUT2D eigenvalue weighted by atomic mass is 19.1. The molecule has 0 radical (unpaired) electrons. The molecule has 1 fully saturated rings. The van der Waals surface area contributed by atoms with E-state index in [0.717, 1.165) is 32.8 Å². The molecule has 0 aromatic carbocycles. The van der Waals surface area contributed by atoms with E-state index in [-0.39, 0.29) is 0 Å². The van der Waals surface area contributed by atoms with Gasteiger partial charge in [-0.3, -0.25) is 0 Å². The third-order valence-corrected chi connectivity index (χ3v) is 1.28. The summed E-state index contributed by atoms with van der Waals surface area (Å²) in [5.74, 6) is 0. The number of hydrogen-bond acceptors (Lipinski definition) is 1. The van der Waals surface area contributed by atoms with Crippen molar-refractivity contribution in [3.63, 3.8) is 0 Å². The summed E-state index contributed by atoms with van der Waals surface area (Å²) in [5.41, 5.74) is 0. The Kier molecular flexibility index (Phi) is 4.97. The Bertz CT molecular complexity index is 41.8. The molecule has 0 bridgehead atoms. The van der Waals surface area contributed by atoms with Crippen molar-refractivity contribution >= 4 is 0 Å². The molecule has 50 valence electrons. The van der Waals surface area contributed by atoms with Gasteiger partial charge in [-0.15, -0.1) is 0 Å². The maximum Gasteiger partial charge on any atom is 0.100 e. The molecule has 8 heavy (non-hydrogen) atoms. The first-order chi connectivity index (χ1) is 3.89. The summed E-state index contributed by atoms with van der Waals surface area (Å²) in [7, 11) is 1.00. The maximum atomic E-state index is 11.9. The van der Waals surface area contributed by atoms with Crippen LogP contribution in [0.2, 0.25) is 0 Å². The number of alkyl halides is 1. The molecule has 0 aromatic heterocycles. The highest BCUT2D eigenvalue weighted by molar-refractivity contribution is 4.63. The predicted octanol–water partition coefficient (Wildman–Crippen LogP) is 1.51. The second-order valence-corrected chi connectivity index (χ2v) is 1.88. The highest BCUT2D eigenvalue weighted by Crippen LogP contribution is 2.19. The van der Waals surface area contributed by atoms with E-state index in [4.69, 9.17) is 5.11 Å². The van der Waals surface area contributed by atoms with Gasteiger partial charge in [0.25, 0.3) is 0 Å². The topological polar surface area (TPSA) is 20.2 Å². The minimum absolute atomic E-state index is 0.454. The number of rotatable bonds is 0. The zero-order valence-corrected chi connectivity index (χ0v) is 5.23. The Labute approximate surface area is 49.5 Å². The molecule has 1 saturated carbocycles. The molecular weight excluding hydrogens is 107 g/mol. The van der Waals surface area contributed by atoms with E-state index < -0.39 is 6.17 Å². The zero-order chi connectivity index (χ0) is 6.41. The number of hydrogen-bond donors (Lipinski definition) is 1. The van der Waals surface area contributed by atoms with E-state index >= 15 is 0 Å². The molecule has 0 saturated heterocycles. The van der Waals surface area contributed by atoms with Gasteiger partial charge in [0.15, 0.2) is 0 Å². The fourth-order valence-electron chi connectivity index (χ4n) is 0.876. The lowest BCUT2D eigenvalue weighted by Gasteiger charge is -1.86. The molecular formula is C6H13FO. The van der Waals surface area contributed by atoms with Crippen molar-refractivity contribution in [1.82, 2.24) is 0 Å². The SMILES string of the molecule is CO.FC1CCCC1. The van der Waals surface area contributed by atoms with Crippen LogP contribution in [0.4, 0.5) is 4.39 Å². The van der Waals surface area contributed by atoms with Gasteiger partial charge in [-0.05, 0) is 12.8 Å². The minimum Gasteiger partial charge on any atom is -0.400 e. The Morgan fingerprint density at radius 1 is 1.25 bits per heavy atom. The van der Waals surface area contributed by atoms with Gasteiger partial charge in [0.05, 0.1) is 0 Å². The van der Waals surface area contributed by atoms with Crippen molar-refractivity contribution in [3.05, 3.63) is 0 Å². The predicted molar refractivity (Wildman–Crippen MR) is 31.5 cm³/mol. The third-order valence-electron chi connectivity index (χ3n) is 1.28. The highest BCUT2D eigenvalue weighted by Gasteiger charge is 2.11. The van der Waals surface area contributed by atoms with Gasteiger partial charge in [0.1, 0.15) is 6.17 Å². The molecule has 1 aliphatic carbocycles. The monoisotopic (exact) mass is 120 g/mol. The van der Waals surface area contributed by atoms with Crippen LogP contribution >= 0.6 is 0 Å². The molecule has 0 amide bonds. The second kappa shape index (κ2) is 5.04. The Balaban J connectivity index is 0.000000222. The van der Waals surface area contributed by atoms with E-state index in [1.807, 2.05) is 0 Å². The van der Waals surface area contributed by atoms with Gasteiger partial charge >= 0.3 is 0 Å². The number of aliphatic hydroxyl groups is 1. The molecule has 1 N–H and O–H groups in total. The van der Waals surface area contributed by atoms with Crippen LogP contribution in [0, 0.1) is 0 Å². The summed E-state index contributed by atoms with van der Waals surface area (Å²) in [4.78, 5) is 0. The van der Waals surface area contributed by atoms with Crippen molar-refractivity contribution in [1.29, 1.82) is 0 Å². The maximum absolute atomic E-state index is 11.9. The van der Waals surface area contributed by atoms with Gasteiger partial charge < -0.3 is 5.11 Å². The van der Waals surface area contributed by atoms with Crippen molar-refractivity contribution in [2.75, 3.05) is 7.11 Å². The van der Waals surface area contributed by atoms with Crippen LogP contribution in [0.1, 0.15) is 25.7 Å². The fourth-order valence-corrected chi connectivity index (χ4v) is 0.876. The lowest BCUT2D eigenvalue weighted by atomic mass is 10.3. The van der Waals surface area contributed by atoms with Gasteiger partial charge in [-0.1, -0.05) is 12.8 Å². The molecule has 0 atom stereocenters. The standard InChI is InChI=1S/C5H9F.CH4O/c6-5-3-1-2-4-5;1-2/h5H,1-4H2;2H,1H3. The summed E-state index contributed by atoms with van der Waals surface area (Å²) in [6.45, 7) is 0. The van der Waals surface area contributed by atoms with Crippen molar-refractivity contribution in [3.8, 4) is 0 Å². The molecule has 1 rings (SSSR count). The molecule has 0 spiro atoms. The third kappa shape index (κ3) is 2.97. The molecule has 0 aromatic rings. The largest absolute Gasteiger partial charge is 0.400 e. The van der Waals surface area contributed by atoms with Gasteiger partial charge in [0.2, 0.25) is 0 Å². The van der Waals surface area contributed by atoms with Crippen LogP contribution in [0.25, 0.3) is 0 Å². The van der Waals surface area contributed by atoms with E-state index in [0.29, 0.717) is 0 Å². The van der Waals surface area contributed by atoms with Gasteiger partial charge in [-0.25, -0.2) is 4.39 Å². The molecule has 1 aliphatic rings. The first kappa shape index (κ1) is 7.89. The number of aliphatic hydroxyl groups excluding tert-OH is 1. The lowest BCUT2D eigenvalue weighted by molar-refractivity contribution is 0.343. The summed E-state index contributed by atoms with van der Waals surface area (Å²) in [6, 6.07) is 0. The van der Waals surface area contributed by atoms with Crippen molar-refractivity contribution < 1.29 is 9.50 Å². The molecule has 2 heteroatoms. The Hall–Kier alpha value is -0.110. The quantitative estimate of drug-likeness (QED) is 0.513. The first-order valence-corrected chi connectivity index (χ1v) is 2.98. The van der Waals surface area contributed by atoms with Crippen LogP contribution in [0.5, 0.6) is 0 Å². The van der Waals surface area contributed by atoms with E-state index in [9.17, 15) is 4.39 Å². The lowest BCUT2D eigenvalue weighted by Crippen LogP contribution is -1.85. The van der Waals surface area contributed by atoms with Crippen LogP contribution in [0.15, 0.2) is 0 Å². The summed E-state index contributed by atoms with van der Waals surface area (Å²) in [6.07, 6.45) is 3.41. The molecule has 1 nitrogen and oxygen atoms in total. The summed E-state index contributed by atoms with van der Waals surface area (Å²) >= 11 is 0. The number of halogens is 1. The average molecular weight is 120 g/mol. The molecule has 0 unspecified atom stereocenters. The van der Waals surface area contributed by atoms with Crippen LogP contribution < -0.4 is 0 Å². The van der Waals surface area contributed by atoms with Crippen molar-refractivity contribution in [2.24, 2.45) is 0 Å². The van der Waals surface area contributed by atoms with Gasteiger partial charge in [0, 0.05) is 7.11 Å². The average Bonchev–Trinajstić information content (AvgIpc) is 2.24. The summed E-state index contributed by atoms with van der Waals surface area (Å²) in [5, 5.41) is 7.00. The second-order valence-electron chi connectivity index (χ2n) is 1.88. The van der Waals surface area contributed by atoms with E-state index in [1.54, 1.807) is 0 Å². The van der Waals surface area contributed by atoms with E-state index in [2.05, 4.69) is 0 Å². The van der Waals surface area contributed by atoms with E-state index in [1.165, 1.54) is 0 Å². The summed E-state index contributed by atoms with van der Waals surface area (Å²) < 4.78 is 11.9. The van der Waals surface area contributed by atoms with Crippen LogP contribution in [0.3, 0.4) is 0 Å². The Morgan fingerprint density at radius 3 is 1.75 bits per heavy atom. The molecule has 0 heterocycles. The molecule has 0 aliphatic heterocycles. The Morgan fingerprint density at radius 2 is 1.62 bits per heavy atom. The zero-order valence-electron chi connectivity index (χ0n) is 5.23. The smallest absolute Gasteiger partial charge is 0.100 e. The first-order valence-electron chi connectivity index (χ1n) is 2.98. The fraction of sp³-hybridized carbons (Fsp3) is 1.00. The minimum atomic E-state index is -0.454. The normalized spacial score (nSPS) is 19.9.